The number of nitrogens with one attached hydrogen (secondary N) is 1. The van der Waals surface area contributed by atoms with E-state index in [0.29, 0.717) is 5.89 Å². The van der Waals surface area contributed by atoms with E-state index in [9.17, 15) is 4.79 Å². The second kappa shape index (κ2) is 6.64. The van der Waals surface area contributed by atoms with Gasteiger partial charge in [0, 0.05) is 22.2 Å². The Labute approximate surface area is 161 Å². The summed E-state index contributed by atoms with van der Waals surface area (Å²) >= 11 is 0. The standard InChI is InChI=1S/C22H19N3O3/c1-13-5-6-16(22-25-23-12-28-22)8-19(13)24-21(26)10-17-11-27-20-9-15-4-2-3-14(15)7-18(17)20/h5-9,11-12H,2-4,10H2,1H3,(H,24,26). The summed E-state index contributed by atoms with van der Waals surface area (Å²) in [5, 5.41) is 11.7. The Kier molecular flexibility index (Phi) is 3.97. The molecule has 2 heterocycles. The van der Waals surface area contributed by atoms with E-state index in [1.165, 1.54) is 23.9 Å². The number of furan rings is 1. The number of anilines is 1. The third kappa shape index (κ3) is 2.97. The highest BCUT2D eigenvalue weighted by atomic mass is 16.4. The molecule has 0 radical (unpaired) electrons. The Bertz CT molecular complexity index is 1180. The van der Waals surface area contributed by atoms with E-state index in [4.69, 9.17) is 8.83 Å². The van der Waals surface area contributed by atoms with Gasteiger partial charge < -0.3 is 14.2 Å². The lowest BCUT2D eigenvalue weighted by atomic mass is 10.0. The van der Waals surface area contributed by atoms with Gasteiger partial charge in [-0.1, -0.05) is 6.07 Å². The molecule has 6 nitrogen and oxygen atoms in total. The first-order chi connectivity index (χ1) is 13.7. The molecule has 1 aliphatic carbocycles. The molecule has 28 heavy (non-hydrogen) atoms. The third-order valence-electron chi connectivity index (χ3n) is 5.34. The van der Waals surface area contributed by atoms with Crippen molar-refractivity contribution in [1.29, 1.82) is 0 Å². The number of carbonyl (C=O) groups is 1. The monoisotopic (exact) mass is 373 g/mol. The van der Waals surface area contributed by atoms with Crippen LogP contribution in [0.4, 0.5) is 5.69 Å². The van der Waals surface area contributed by atoms with Crippen molar-refractivity contribution in [2.75, 3.05) is 5.32 Å². The van der Waals surface area contributed by atoms with Crippen LogP contribution in [0.2, 0.25) is 0 Å². The van der Waals surface area contributed by atoms with Gasteiger partial charge in [0.2, 0.25) is 18.2 Å². The largest absolute Gasteiger partial charge is 0.464 e. The maximum absolute atomic E-state index is 12.7. The highest BCUT2D eigenvalue weighted by Crippen LogP contribution is 2.31. The number of hydrogen-bond acceptors (Lipinski definition) is 5. The van der Waals surface area contributed by atoms with E-state index in [2.05, 4.69) is 27.6 Å². The Hall–Kier alpha value is -3.41. The molecule has 0 atom stereocenters. The summed E-state index contributed by atoms with van der Waals surface area (Å²) in [7, 11) is 0. The minimum absolute atomic E-state index is 0.0889. The van der Waals surface area contributed by atoms with E-state index in [-0.39, 0.29) is 12.3 Å². The van der Waals surface area contributed by atoms with Crippen LogP contribution in [-0.4, -0.2) is 16.1 Å². The fourth-order valence-corrected chi connectivity index (χ4v) is 3.84. The molecular formula is C22H19N3O3. The number of amides is 1. The number of hydrogen-bond donors (Lipinski definition) is 1. The summed E-state index contributed by atoms with van der Waals surface area (Å²) in [5.41, 5.74) is 6.97. The molecular weight excluding hydrogens is 354 g/mol. The van der Waals surface area contributed by atoms with Crippen LogP contribution in [0.15, 0.2) is 51.8 Å². The van der Waals surface area contributed by atoms with Crippen LogP contribution in [0.5, 0.6) is 0 Å². The Morgan fingerprint density at radius 3 is 2.82 bits per heavy atom. The molecule has 1 N–H and O–H groups in total. The Morgan fingerprint density at radius 2 is 2.00 bits per heavy atom. The van der Waals surface area contributed by atoms with Gasteiger partial charge in [-0.05, 0) is 67.1 Å². The second-order valence-electron chi connectivity index (χ2n) is 7.23. The Morgan fingerprint density at radius 1 is 1.14 bits per heavy atom. The summed E-state index contributed by atoms with van der Waals surface area (Å²) in [4.78, 5) is 12.7. The smallest absolute Gasteiger partial charge is 0.247 e. The number of benzene rings is 2. The first kappa shape index (κ1) is 16.7. The van der Waals surface area contributed by atoms with Crippen LogP contribution < -0.4 is 5.32 Å². The molecule has 1 amide bonds. The number of rotatable bonds is 4. The number of aromatic nitrogens is 2. The lowest BCUT2D eigenvalue weighted by molar-refractivity contribution is -0.115. The predicted molar refractivity (Wildman–Crippen MR) is 105 cm³/mol. The first-order valence-electron chi connectivity index (χ1n) is 9.36. The molecule has 2 aromatic carbocycles. The van der Waals surface area contributed by atoms with Gasteiger partial charge >= 0.3 is 0 Å². The average Bonchev–Trinajstić information content (AvgIpc) is 3.43. The second-order valence-corrected chi connectivity index (χ2v) is 7.23. The predicted octanol–water partition coefficient (Wildman–Crippen LogP) is 4.46. The normalized spacial score (nSPS) is 13.0. The molecule has 0 saturated heterocycles. The van der Waals surface area contributed by atoms with Gasteiger partial charge in [-0.2, -0.15) is 0 Å². The van der Waals surface area contributed by atoms with Crippen molar-refractivity contribution in [3.05, 3.63) is 65.2 Å². The van der Waals surface area contributed by atoms with Crippen molar-refractivity contribution < 1.29 is 13.6 Å². The van der Waals surface area contributed by atoms with Gasteiger partial charge in [-0.15, -0.1) is 10.2 Å². The minimum Gasteiger partial charge on any atom is -0.464 e. The lowest BCUT2D eigenvalue weighted by Gasteiger charge is -2.09. The molecule has 0 fully saturated rings. The quantitative estimate of drug-likeness (QED) is 0.571. The number of aryl methyl sites for hydroxylation is 3. The number of nitrogens with zero attached hydrogens (tertiary/aromatic N) is 2. The molecule has 1 aliphatic rings. The van der Waals surface area contributed by atoms with Gasteiger partial charge in [0.1, 0.15) is 5.58 Å². The lowest BCUT2D eigenvalue weighted by Crippen LogP contribution is -2.15. The van der Waals surface area contributed by atoms with Crippen LogP contribution in [0.3, 0.4) is 0 Å². The zero-order chi connectivity index (χ0) is 19.1. The molecule has 0 bridgehead atoms. The van der Waals surface area contributed by atoms with E-state index in [1.54, 1.807) is 6.26 Å². The van der Waals surface area contributed by atoms with Crippen molar-refractivity contribution >= 4 is 22.6 Å². The molecule has 0 unspecified atom stereocenters. The molecule has 0 saturated carbocycles. The SMILES string of the molecule is Cc1ccc(-c2nnco2)cc1NC(=O)Cc1coc2cc3c(cc12)CCC3. The molecule has 140 valence electrons. The summed E-state index contributed by atoms with van der Waals surface area (Å²) in [6, 6.07) is 9.97. The van der Waals surface area contributed by atoms with Crippen molar-refractivity contribution in [2.45, 2.75) is 32.6 Å². The maximum atomic E-state index is 12.7. The summed E-state index contributed by atoms with van der Waals surface area (Å²) in [6.45, 7) is 1.95. The van der Waals surface area contributed by atoms with Crippen molar-refractivity contribution in [3.8, 4) is 11.5 Å². The van der Waals surface area contributed by atoms with E-state index in [1.807, 2.05) is 25.1 Å². The average molecular weight is 373 g/mol. The van der Waals surface area contributed by atoms with Gasteiger partial charge in [0.05, 0.1) is 12.7 Å². The fraction of sp³-hybridized carbons (Fsp3) is 0.227. The zero-order valence-electron chi connectivity index (χ0n) is 15.5. The molecule has 0 aliphatic heterocycles. The molecule has 5 rings (SSSR count). The first-order valence-corrected chi connectivity index (χ1v) is 9.36. The fourth-order valence-electron chi connectivity index (χ4n) is 3.84. The molecule has 6 heteroatoms. The van der Waals surface area contributed by atoms with Crippen LogP contribution >= 0.6 is 0 Å². The van der Waals surface area contributed by atoms with Gasteiger partial charge in [-0.3, -0.25) is 4.79 Å². The highest BCUT2D eigenvalue weighted by molar-refractivity contribution is 5.96. The third-order valence-corrected chi connectivity index (χ3v) is 5.34. The minimum atomic E-state index is -0.0889. The van der Waals surface area contributed by atoms with E-state index >= 15 is 0 Å². The number of carbonyl (C=O) groups excluding carboxylic acids is 1. The van der Waals surface area contributed by atoms with Crippen LogP contribution in [-0.2, 0) is 24.1 Å². The van der Waals surface area contributed by atoms with Crippen molar-refractivity contribution in [1.82, 2.24) is 10.2 Å². The van der Waals surface area contributed by atoms with Gasteiger partial charge in [0.15, 0.2) is 0 Å². The number of fused-ring (bicyclic) bond motifs is 2. The van der Waals surface area contributed by atoms with Crippen LogP contribution in [0.1, 0.15) is 28.7 Å². The van der Waals surface area contributed by atoms with Crippen molar-refractivity contribution in [2.24, 2.45) is 0 Å². The Balaban J connectivity index is 1.38. The molecule has 0 spiro atoms. The maximum Gasteiger partial charge on any atom is 0.247 e. The summed E-state index contributed by atoms with van der Waals surface area (Å²) in [5.74, 6) is 0.333. The highest BCUT2D eigenvalue weighted by Gasteiger charge is 2.17. The van der Waals surface area contributed by atoms with Gasteiger partial charge in [-0.25, -0.2) is 0 Å². The topological polar surface area (TPSA) is 81.2 Å². The zero-order valence-corrected chi connectivity index (χ0v) is 15.5. The summed E-state index contributed by atoms with van der Waals surface area (Å²) in [6.07, 6.45) is 6.64. The van der Waals surface area contributed by atoms with Crippen LogP contribution in [0, 0.1) is 6.92 Å². The van der Waals surface area contributed by atoms with E-state index < -0.39 is 0 Å². The van der Waals surface area contributed by atoms with E-state index in [0.717, 1.165) is 46.2 Å². The van der Waals surface area contributed by atoms with Gasteiger partial charge in [0.25, 0.3) is 0 Å². The molecule has 4 aromatic rings. The van der Waals surface area contributed by atoms with Crippen molar-refractivity contribution in [3.63, 3.8) is 0 Å². The summed E-state index contributed by atoms with van der Waals surface area (Å²) < 4.78 is 11.0. The van der Waals surface area contributed by atoms with Crippen LogP contribution in [0.25, 0.3) is 22.4 Å². The molecule has 2 aromatic heterocycles.